The summed E-state index contributed by atoms with van der Waals surface area (Å²) in [7, 11) is -3.50. The molecule has 0 saturated heterocycles. The Balaban J connectivity index is 1.83. The molecule has 0 spiro atoms. The van der Waals surface area contributed by atoms with Crippen LogP contribution in [-0.2, 0) is 10.0 Å². The summed E-state index contributed by atoms with van der Waals surface area (Å²) >= 11 is 0.256. The molecule has 0 aromatic heterocycles. The Morgan fingerprint density at radius 1 is 1.04 bits per heavy atom. The van der Waals surface area contributed by atoms with Crippen molar-refractivity contribution in [3.8, 4) is 0 Å². The van der Waals surface area contributed by atoms with Gasteiger partial charge in [0.2, 0.25) is 0 Å². The average Bonchev–Trinajstić information content (AvgIpc) is 2.58. The van der Waals surface area contributed by atoms with Gasteiger partial charge in [0.1, 0.15) is 0 Å². The quantitative estimate of drug-likeness (QED) is 0.751. The molecule has 2 atom stereocenters. The van der Waals surface area contributed by atoms with Crippen LogP contribution in [0.5, 0.6) is 0 Å². The third kappa shape index (κ3) is 4.53. The standard InChI is InChI=1S/C20H25NO2SSe/c1-16-11-13-17(14-12-16)24(22,23)21-20(2)15-7-6-10-19(20)25-18-8-4-3-5-9-18/h3-5,8-9,11-14,19,21H,6-7,10,15H2,1-2H3/t19-,20-/m0/s1. The molecule has 0 bridgehead atoms. The number of hydrogen-bond acceptors (Lipinski definition) is 2. The number of rotatable bonds is 5. The Bertz CT molecular complexity index is 805. The van der Waals surface area contributed by atoms with Gasteiger partial charge in [-0.2, -0.15) is 0 Å². The van der Waals surface area contributed by atoms with Crippen molar-refractivity contribution in [1.82, 2.24) is 4.72 Å². The van der Waals surface area contributed by atoms with Crippen molar-refractivity contribution in [3.05, 3.63) is 60.2 Å². The third-order valence-electron chi connectivity index (χ3n) is 4.84. The van der Waals surface area contributed by atoms with Gasteiger partial charge in [0, 0.05) is 0 Å². The van der Waals surface area contributed by atoms with Crippen LogP contribution in [0.3, 0.4) is 0 Å². The van der Waals surface area contributed by atoms with E-state index in [0.29, 0.717) is 9.71 Å². The van der Waals surface area contributed by atoms with E-state index in [1.165, 1.54) is 10.9 Å². The van der Waals surface area contributed by atoms with E-state index < -0.39 is 10.0 Å². The van der Waals surface area contributed by atoms with Crippen LogP contribution >= 0.6 is 0 Å². The number of aryl methyl sites for hydroxylation is 1. The average molecular weight is 422 g/mol. The first-order valence-electron chi connectivity index (χ1n) is 8.71. The van der Waals surface area contributed by atoms with Crippen LogP contribution in [0.4, 0.5) is 0 Å². The van der Waals surface area contributed by atoms with E-state index in [9.17, 15) is 8.42 Å². The van der Waals surface area contributed by atoms with Crippen molar-refractivity contribution in [1.29, 1.82) is 0 Å². The van der Waals surface area contributed by atoms with E-state index in [0.717, 1.165) is 24.8 Å². The maximum absolute atomic E-state index is 12.9. The molecular weight excluding hydrogens is 397 g/mol. The van der Waals surface area contributed by atoms with Crippen LogP contribution in [0.2, 0.25) is 4.82 Å². The summed E-state index contributed by atoms with van der Waals surface area (Å²) in [5, 5.41) is 0. The van der Waals surface area contributed by atoms with E-state index in [2.05, 4.69) is 35.9 Å². The fourth-order valence-corrected chi connectivity index (χ4v) is 7.85. The van der Waals surface area contributed by atoms with Gasteiger partial charge in [0.15, 0.2) is 0 Å². The predicted molar refractivity (Wildman–Crippen MR) is 104 cm³/mol. The van der Waals surface area contributed by atoms with Crippen molar-refractivity contribution in [2.24, 2.45) is 0 Å². The molecule has 0 unspecified atom stereocenters. The molecule has 0 amide bonds. The Labute approximate surface area is 157 Å². The van der Waals surface area contributed by atoms with E-state index in [1.54, 1.807) is 12.1 Å². The molecule has 1 N–H and O–H groups in total. The normalized spacial score (nSPS) is 24.2. The zero-order valence-corrected chi connectivity index (χ0v) is 17.3. The second-order valence-electron chi connectivity index (χ2n) is 7.00. The molecule has 0 heterocycles. The molecule has 2 aromatic rings. The molecule has 3 nitrogen and oxygen atoms in total. The summed E-state index contributed by atoms with van der Waals surface area (Å²) in [4.78, 5) is 0.729. The molecule has 25 heavy (non-hydrogen) atoms. The van der Waals surface area contributed by atoms with Gasteiger partial charge in [-0.25, -0.2) is 0 Å². The molecule has 2 aromatic carbocycles. The zero-order valence-electron chi connectivity index (χ0n) is 14.7. The van der Waals surface area contributed by atoms with E-state index in [1.807, 2.05) is 25.1 Å². The Kier molecular flexibility index (Phi) is 5.69. The van der Waals surface area contributed by atoms with Gasteiger partial charge >= 0.3 is 158 Å². The fourth-order valence-electron chi connectivity index (χ4n) is 3.35. The van der Waals surface area contributed by atoms with E-state index in [4.69, 9.17) is 0 Å². The van der Waals surface area contributed by atoms with Crippen molar-refractivity contribution >= 4 is 29.4 Å². The maximum atomic E-state index is 12.9. The summed E-state index contributed by atoms with van der Waals surface area (Å²) in [6.07, 6.45) is 4.24. The van der Waals surface area contributed by atoms with Gasteiger partial charge in [-0.05, 0) is 0 Å². The summed E-state index contributed by atoms with van der Waals surface area (Å²) in [6, 6.07) is 17.6. The van der Waals surface area contributed by atoms with Crippen molar-refractivity contribution in [2.75, 3.05) is 0 Å². The summed E-state index contributed by atoms with van der Waals surface area (Å²) in [5.41, 5.74) is 0.686. The SMILES string of the molecule is Cc1ccc(S(=O)(=O)N[C@@]2(C)CCCC[C@@H]2[Se]c2ccccc2)cc1. The second kappa shape index (κ2) is 7.63. The van der Waals surface area contributed by atoms with Crippen LogP contribution in [0.15, 0.2) is 59.5 Å². The Hall–Kier alpha value is -1.13. The molecule has 1 saturated carbocycles. The molecule has 1 fully saturated rings. The number of benzene rings is 2. The van der Waals surface area contributed by atoms with Crippen molar-refractivity contribution in [2.45, 2.75) is 54.8 Å². The minimum atomic E-state index is -3.50. The molecule has 1 aliphatic rings. The van der Waals surface area contributed by atoms with E-state index in [-0.39, 0.29) is 20.5 Å². The molecule has 0 radical (unpaired) electrons. The summed E-state index contributed by atoms with van der Waals surface area (Å²) in [6.45, 7) is 4.05. The third-order valence-corrected chi connectivity index (χ3v) is 9.80. The minimum absolute atomic E-state index is 0.256. The number of nitrogens with one attached hydrogen (secondary N) is 1. The molecule has 5 heteroatoms. The first-order chi connectivity index (χ1) is 11.9. The Morgan fingerprint density at radius 3 is 2.40 bits per heavy atom. The van der Waals surface area contributed by atoms with Gasteiger partial charge in [0.05, 0.1) is 0 Å². The molecule has 3 rings (SSSR count). The summed E-state index contributed by atoms with van der Waals surface area (Å²) in [5.74, 6) is 0. The van der Waals surface area contributed by atoms with Crippen molar-refractivity contribution in [3.63, 3.8) is 0 Å². The molecule has 134 valence electrons. The topological polar surface area (TPSA) is 46.2 Å². The van der Waals surface area contributed by atoms with Crippen LogP contribution in [0.1, 0.15) is 38.2 Å². The first kappa shape index (κ1) is 18.7. The fraction of sp³-hybridized carbons (Fsp3) is 0.400. The molecule has 0 aliphatic heterocycles. The zero-order chi connectivity index (χ0) is 17.9. The Morgan fingerprint density at radius 2 is 1.72 bits per heavy atom. The van der Waals surface area contributed by atoms with Crippen LogP contribution < -0.4 is 9.18 Å². The van der Waals surface area contributed by atoms with Crippen LogP contribution in [0.25, 0.3) is 0 Å². The number of sulfonamides is 1. The van der Waals surface area contributed by atoms with Gasteiger partial charge in [0.25, 0.3) is 0 Å². The predicted octanol–water partition coefficient (Wildman–Crippen LogP) is 3.42. The van der Waals surface area contributed by atoms with Crippen LogP contribution in [0, 0.1) is 6.92 Å². The number of hydrogen-bond donors (Lipinski definition) is 1. The first-order valence-corrected chi connectivity index (χ1v) is 12.0. The van der Waals surface area contributed by atoms with Gasteiger partial charge in [-0.1, -0.05) is 0 Å². The van der Waals surface area contributed by atoms with Gasteiger partial charge in [-0.15, -0.1) is 0 Å². The van der Waals surface area contributed by atoms with Crippen LogP contribution in [-0.4, -0.2) is 28.9 Å². The van der Waals surface area contributed by atoms with Crippen molar-refractivity contribution < 1.29 is 8.42 Å². The van der Waals surface area contributed by atoms with Gasteiger partial charge in [-0.3, -0.25) is 0 Å². The second-order valence-corrected chi connectivity index (χ2v) is 11.4. The monoisotopic (exact) mass is 423 g/mol. The van der Waals surface area contributed by atoms with E-state index >= 15 is 0 Å². The molecular formula is C20H25NO2SSe. The van der Waals surface area contributed by atoms with Gasteiger partial charge < -0.3 is 0 Å². The molecule has 1 aliphatic carbocycles. The summed E-state index contributed by atoms with van der Waals surface area (Å²) < 4.78 is 30.2.